The number of aromatic hydroxyl groups is 1. The maximum Gasteiger partial charge on any atom is 0.231 e. The second-order valence-electron chi connectivity index (χ2n) is 8.55. The summed E-state index contributed by atoms with van der Waals surface area (Å²) in [5.74, 6) is 0.422. The van der Waals surface area contributed by atoms with Gasteiger partial charge in [0.2, 0.25) is 5.78 Å². The number of allylic oxidation sites excluding steroid dienone is 1. The third-order valence-corrected chi connectivity index (χ3v) is 6.95. The van der Waals surface area contributed by atoms with Gasteiger partial charge in [-0.1, -0.05) is 59.6 Å². The molecule has 2 aliphatic rings. The van der Waals surface area contributed by atoms with E-state index in [1.54, 1.807) is 36.4 Å². The molecule has 0 amide bonds. The fraction of sp³-hybridized carbons (Fsp3) is 0.222. The molecule has 1 N–H and O–H groups in total. The Labute approximate surface area is 208 Å². The number of ether oxygens (including phenoxy) is 1. The number of Topliss-reactive ketones (excluding diaryl/α,β-unsaturated/α-hetero) is 1. The highest BCUT2D eigenvalue weighted by atomic mass is 35.5. The smallest absolute Gasteiger partial charge is 0.231 e. The minimum absolute atomic E-state index is 0.121. The van der Waals surface area contributed by atoms with Crippen LogP contribution in [0.5, 0.6) is 11.5 Å². The van der Waals surface area contributed by atoms with Gasteiger partial charge >= 0.3 is 0 Å². The van der Waals surface area contributed by atoms with Crippen LogP contribution in [-0.4, -0.2) is 46.9 Å². The van der Waals surface area contributed by atoms with Gasteiger partial charge in [-0.25, -0.2) is 0 Å². The van der Waals surface area contributed by atoms with E-state index in [9.17, 15) is 9.90 Å². The Morgan fingerprint density at radius 1 is 0.853 bits per heavy atom. The summed E-state index contributed by atoms with van der Waals surface area (Å²) < 4.78 is 5.98. The molecule has 0 saturated carbocycles. The number of phenolic OH excluding ortho intramolecular Hbond substituents is 1. The lowest BCUT2D eigenvalue weighted by Crippen LogP contribution is -2.45. The molecule has 0 spiro atoms. The van der Waals surface area contributed by atoms with E-state index in [4.69, 9.17) is 27.9 Å². The van der Waals surface area contributed by atoms with Gasteiger partial charge in [0.1, 0.15) is 11.5 Å². The van der Waals surface area contributed by atoms with E-state index in [1.165, 1.54) is 5.56 Å². The maximum atomic E-state index is 13.0. The summed E-state index contributed by atoms with van der Waals surface area (Å²) in [6.07, 6.45) is 1.57. The van der Waals surface area contributed by atoms with E-state index in [1.807, 2.05) is 6.07 Å². The van der Waals surface area contributed by atoms with Crippen LogP contribution in [0.2, 0.25) is 10.0 Å². The van der Waals surface area contributed by atoms with Crippen LogP contribution in [0.4, 0.5) is 0 Å². The molecule has 1 fully saturated rings. The van der Waals surface area contributed by atoms with Crippen LogP contribution < -0.4 is 4.74 Å². The minimum atomic E-state index is -0.250. The highest BCUT2D eigenvalue weighted by molar-refractivity contribution is 6.37. The Kier molecular flexibility index (Phi) is 6.61. The second kappa shape index (κ2) is 9.80. The number of ketones is 1. The van der Waals surface area contributed by atoms with Crippen molar-refractivity contribution in [2.45, 2.75) is 13.1 Å². The number of hydrogen-bond donors (Lipinski definition) is 1. The average Bonchev–Trinajstić information content (AvgIpc) is 3.15. The zero-order valence-corrected chi connectivity index (χ0v) is 20.0. The molecule has 0 bridgehead atoms. The molecule has 174 valence electrons. The Morgan fingerprint density at radius 3 is 2.18 bits per heavy atom. The molecule has 3 aromatic carbocycles. The minimum Gasteiger partial charge on any atom is -0.507 e. The fourth-order valence-electron chi connectivity index (χ4n) is 4.40. The zero-order chi connectivity index (χ0) is 23.7. The lowest BCUT2D eigenvalue weighted by Gasteiger charge is -2.35. The van der Waals surface area contributed by atoms with Crippen LogP contribution in [0.3, 0.4) is 0 Å². The van der Waals surface area contributed by atoms with Crippen molar-refractivity contribution < 1.29 is 14.6 Å². The highest BCUT2D eigenvalue weighted by Crippen LogP contribution is 2.41. The van der Waals surface area contributed by atoms with Crippen molar-refractivity contribution in [1.29, 1.82) is 0 Å². The van der Waals surface area contributed by atoms with Gasteiger partial charge < -0.3 is 9.84 Å². The largest absolute Gasteiger partial charge is 0.507 e. The summed E-state index contributed by atoms with van der Waals surface area (Å²) in [6, 6.07) is 18.8. The first-order valence-corrected chi connectivity index (χ1v) is 12.0. The van der Waals surface area contributed by atoms with Crippen molar-refractivity contribution in [1.82, 2.24) is 9.80 Å². The predicted octanol–water partition coefficient (Wildman–Crippen LogP) is 5.63. The quantitative estimate of drug-likeness (QED) is 0.465. The predicted molar refractivity (Wildman–Crippen MR) is 135 cm³/mol. The van der Waals surface area contributed by atoms with E-state index >= 15 is 0 Å². The fourth-order valence-corrected chi connectivity index (χ4v) is 4.91. The third kappa shape index (κ3) is 4.70. The molecule has 2 aliphatic heterocycles. The molecular weight excluding hydrogens is 471 g/mol. The van der Waals surface area contributed by atoms with Gasteiger partial charge in [-0.05, 0) is 35.9 Å². The number of benzene rings is 3. The monoisotopic (exact) mass is 494 g/mol. The topological polar surface area (TPSA) is 53.0 Å². The Hall–Kier alpha value is -2.83. The standard InChI is InChI=1S/C27H24Cl2N2O3/c28-22-7-4-8-23(29)20(22)15-25-26(33)19-9-10-24(32)21(27(19)34-25)17-31-13-11-30(12-14-31)16-18-5-2-1-3-6-18/h1-10,15,32H,11-14,16-17H2/b25-15-. The van der Waals surface area contributed by atoms with Crippen molar-refractivity contribution in [3.05, 3.63) is 98.7 Å². The number of carbonyl (C=O) groups is 1. The second-order valence-corrected chi connectivity index (χ2v) is 9.37. The Morgan fingerprint density at radius 2 is 1.50 bits per heavy atom. The Balaban J connectivity index is 1.31. The molecule has 3 aromatic rings. The van der Waals surface area contributed by atoms with Crippen molar-refractivity contribution in [3.63, 3.8) is 0 Å². The number of nitrogens with zero attached hydrogens (tertiary/aromatic N) is 2. The van der Waals surface area contributed by atoms with Crippen LogP contribution in [0, 0.1) is 0 Å². The number of rotatable bonds is 5. The molecule has 34 heavy (non-hydrogen) atoms. The van der Waals surface area contributed by atoms with Crippen molar-refractivity contribution in [2.75, 3.05) is 26.2 Å². The number of halogens is 2. The molecular formula is C27H24Cl2N2O3. The SMILES string of the molecule is O=C1/C(=C/c2c(Cl)cccc2Cl)Oc2c1ccc(O)c2CN1CCN(Cc2ccccc2)CC1. The summed E-state index contributed by atoms with van der Waals surface area (Å²) >= 11 is 12.5. The van der Waals surface area contributed by atoms with E-state index in [0.29, 0.717) is 39.0 Å². The van der Waals surface area contributed by atoms with Gasteiger partial charge in [0, 0.05) is 54.9 Å². The molecule has 5 nitrogen and oxygen atoms in total. The van der Waals surface area contributed by atoms with Crippen molar-refractivity contribution in [3.8, 4) is 11.5 Å². The summed E-state index contributed by atoms with van der Waals surface area (Å²) in [5, 5.41) is 11.5. The number of piperazine rings is 1. The van der Waals surface area contributed by atoms with E-state index in [2.05, 4.69) is 34.1 Å². The van der Waals surface area contributed by atoms with Crippen molar-refractivity contribution >= 4 is 35.1 Å². The molecule has 0 aliphatic carbocycles. The maximum absolute atomic E-state index is 13.0. The summed E-state index contributed by atoms with van der Waals surface area (Å²) in [6.45, 7) is 5.02. The third-order valence-electron chi connectivity index (χ3n) is 6.29. The van der Waals surface area contributed by atoms with Gasteiger partial charge in [0.05, 0.1) is 11.1 Å². The lowest BCUT2D eigenvalue weighted by molar-refractivity contribution is 0.101. The number of fused-ring (bicyclic) bond motifs is 1. The van der Waals surface area contributed by atoms with Crippen LogP contribution in [0.1, 0.15) is 27.0 Å². The van der Waals surface area contributed by atoms with Crippen LogP contribution in [0.25, 0.3) is 6.08 Å². The number of carbonyl (C=O) groups excluding carboxylic acids is 1. The van der Waals surface area contributed by atoms with Gasteiger partial charge in [-0.15, -0.1) is 0 Å². The van der Waals surface area contributed by atoms with E-state index in [-0.39, 0.29) is 17.3 Å². The normalized spacial score (nSPS) is 17.7. The summed E-state index contributed by atoms with van der Waals surface area (Å²) in [5.41, 5.74) is 2.89. The highest BCUT2D eigenvalue weighted by Gasteiger charge is 2.32. The lowest BCUT2D eigenvalue weighted by atomic mass is 10.0. The molecule has 0 unspecified atom stereocenters. The van der Waals surface area contributed by atoms with E-state index in [0.717, 1.165) is 32.7 Å². The van der Waals surface area contributed by atoms with Gasteiger partial charge in [-0.2, -0.15) is 0 Å². The van der Waals surface area contributed by atoms with Crippen LogP contribution in [-0.2, 0) is 13.1 Å². The first-order valence-electron chi connectivity index (χ1n) is 11.2. The first-order chi connectivity index (χ1) is 16.5. The molecule has 0 radical (unpaired) electrons. The molecule has 0 aromatic heterocycles. The molecule has 0 atom stereocenters. The Bertz CT molecular complexity index is 1230. The molecule has 7 heteroatoms. The van der Waals surface area contributed by atoms with Gasteiger partial charge in [-0.3, -0.25) is 14.6 Å². The summed E-state index contributed by atoms with van der Waals surface area (Å²) in [7, 11) is 0. The van der Waals surface area contributed by atoms with E-state index < -0.39 is 0 Å². The van der Waals surface area contributed by atoms with Gasteiger partial charge in [0.25, 0.3) is 0 Å². The van der Waals surface area contributed by atoms with Crippen LogP contribution in [0.15, 0.2) is 66.4 Å². The number of hydrogen-bond acceptors (Lipinski definition) is 5. The first kappa shape index (κ1) is 22.9. The number of phenols is 1. The summed E-state index contributed by atoms with van der Waals surface area (Å²) in [4.78, 5) is 17.7. The molecule has 5 rings (SSSR count). The average molecular weight is 495 g/mol. The van der Waals surface area contributed by atoms with Crippen molar-refractivity contribution in [2.24, 2.45) is 0 Å². The van der Waals surface area contributed by atoms with Gasteiger partial charge in [0.15, 0.2) is 5.76 Å². The molecule has 1 saturated heterocycles. The zero-order valence-electron chi connectivity index (χ0n) is 18.5. The molecule has 2 heterocycles. The van der Waals surface area contributed by atoms with Crippen LogP contribution >= 0.6 is 23.2 Å².